The van der Waals surface area contributed by atoms with E-state index < -0.39 is 0 Å². The lowest BCUT2D eigenvalue weighted by molar-refractivity contribution is 0.271. The molecule has 0 bridgehead atoms. The van der Waals surface area contributed by atoms with Crippen LogP contribution in [-0.4, -0.2) is 56.8 Å². The van der Waals surface area contributed by atoms with E-state index >= 15 is 0 Å². The van der Waals surface area contributed by atoms with Crippen LogP contribution in [0.3, 0.4) is 0 Å². The molecule has 1 fully saturated rings. The minimum absolute atomic E-state index is 0. The molecule has 0 spiro atoms. The summed E-state index contributed by atoms with van der Waals surface area (Å²) in [4.78, 5) is 9.80. The van der Waals surface area contributed by atoms with Crippen LogP contribution in [0.15, 0.2) is 48.5 Å². The number of benzene rings is 2. The molecule has 0 amide bonds. The van der Waals surface area contributed by atoms with E-state index in [0.29, 0.717) is 5.75 Å². The Labute approximate surface area is 202 Å². The van der Waals surface area contributed by atoms with Crippen LogP contribution in [0.1, 0.15) is 18.2 Å². The van der Waals surface area contributed by atoms with Gasteiger partial charge < -0.3 is 19.3 Å². The molecule has 0 unspecified atom stereocenters. The average Bonchev–Trinajstić information content (AvgIpc) is 2.82. The minimum atomic E-state index is 0. The van der Waals surface area contributed by atoms with Gasteiger partial charge in [0.15, 0.2) is 0 Å². The first-order chi connectivity index (χ1) is 14.7. The van der Waals surface area contributed by atoms with E-state index in [0.717, 1.165) is 60.9 Å². The summed E-state index contributed by atoms with van der Waals surface area (Å²) in [6.45, 7) is 7.39. The predicted octanol–water partition coefficient (Wildman–Crippen LogP) is 4.64. The fraction of sp³-hybridized carbons (Fsp3) is 0.320. The van der Waals surface area contributed by atoms with Gasteiger partial charge in [-0.15, -0.1) is 24.8 Å². The summed E-state index contributed by atoms with van der Waals surface area (Å²) in [5.74, 6) is 8.93. The van der Waals surface area contributed by atoms with Crippen molar-refractivity contribution in [3.63, 3.8) is 0 Å². The van der Waals surface area contributed by atoms with Gasteiger partial charge in [-0.05, 0) is 36.1 Å². The Hall–Kier alpha value is -2.65. The molecular weight excluding hydrogens is 445 g/mol. The van der Waals surface area contributed by atoms with Crippen molar-refractivity contribution in [3.8, 4) is 23.3 Å². The first-order valence-electron chi connectivity index (χ1n) is 10.3. The van der Waals surface area contributed by atoms with Gasteiger partial charge in [0, 0.05) is 37.6 Å². The Kier molecular flexibility index (Phi) is 9.46. The molecule has 0 atom stereocenters. The maximum atomic E-state index is 5.47. The Bertz CT molecular complexity index is 1100. The van der Waals surface area contributed by atoms with E-state index in [1.54, 1.807) is 14.2 Å². The Morgan fingerprint density at radius 1 is 0.906 bits per heavy atom. The van der Waals surface area contributed by atoms with Gasteiger partial charge in [0.2, 0.25) is 0 Å². The van der Waals surface area contributed by atoms with Crippen LogP contribution >= 0.6 is 24.8 Å². The van der Waals surface area contributed by atoms with Crippen molar-refractivity contribution < 1.29 is 9.47 Å². The summed E-state index contributed by atoms with van der Waals surface area (Å²) in [5.41, 5.74) is 1.57. The topological polar surface area (TPSA) is 37.8 Å². The van der Waals surface area contributed by atoms with Gasteiger partial charge in [0.05, 0.1) is 19.8 Å². The molecule has 170 valence electrons. The highest BCUT2D eigenvalue weighted by Gasteiger charge is 2.19. The maximum absolute atomic E-state index is 5.47. The van der Waals surface area contributed by atoms with E-state index in [-0.39, 0.29) is 24.8 Å². The smallest absolute Gasteiger partial charge is 0.138 e. The molecule has 1 aliphatic rings. The molecule has 4 rings (SSSR count). The SMILES string of the molecule is CCN1CCN(c2nc(C#Cc3ccc(OC)cc3OC)cc3ccccc23)CC1.Cl.Cl. The van der Waals surface area contributed by atoms with E-state index in [4.69, 9.17) is 14.5 Å². The van der Waals surface area contributed by atoms with Crippen LogP contribution in [0.4, 0.5) is 5.82 Å². The van der Waals surface area contributed by atoms with E-state index in [1.807, 2.05) is 18.2 Å². The quantitative estimate of drug-likeness (QED) is 0.516. The number of piperazine rings is 1. The zero-order valence-electron chi connectivity index (χ0n) is 18.6. The van der Waals surface area contributed by atoms with Gasteiger partial charge in [-0.3, -0.25) is 0 Å². The number of likely N-dealkylation sites (N-methyl/N-ethyl adjacent to an activating group) is 1. The maximum Gasteiger partial charge on any atom is 0.138 e. The van der Waals surface area contributed by atoms with Gasteiger partial charge >= 0.3 is 0 Å². The summed E-state index contributed by atoms with van der Waals surface area (Å²) < 4.78 is 10.7. The average molecular weight is 474 g/mol. The van der Waals surface area contributed by atoms with Crippen molar-refractivity contribution >= 4 is 41.4 Å². The highest BCUT2D eigenvalue weighted by molar-refractivity contribution is 5.93. The van der Waals surface area contributed by atoms with E-state index in [1.165, 1.54) is 5.39 Å². The summed E-state index contributed by atoms with van der Waals surface area (Å²) >= 11 is 0. The summed E-state index contributed by atoms with van der Waals surface area (Å²) in [6.07, 6.45) is 0. The van der Waals surface area contributed by atoms with Crippen LogP contribution in [0.25, 0.3) is 10.8 Å². The number of anilines is 1. The minimum Gasteiger partial charge on any atom is -0.497 e. The lowest BCUT2D eigenvalue weighted by Crippen LogP contribution is -2.46. The third kappa shape index (κ3) is 5.58. The third-order valence-corrected chi connectivity index (χ3v) is 5.57. The molecule has 3 aromatic rings. The standard InChI is InChI=1S/C25H27N3O2.2ClH/c1-4-27-13-15-28(16-14-27)25-23-8-6-5-7-20(23)17-21(26-25)11-9-19-10-12-22(29-2)18-24(19)30-3;;/h5-8,10,12,17-18H,4,13-16H2,1-3H3;2*1H. The number of hydrogen-bond donors (Lipinski definition) is 0. The molecule has 0 radical (unpaired) electrons. The van der Waals surface area contributed by atoms with Crippen molar-refractivity contribution in [1.29, 1.82) is 0 Å². The number of aromatic nitrogens is 1. The largest absolute Gasteiger partial charge is 0.497 e. The lowest BCUT2D eigenvalue weighted by atomic mass is 10.1. The van der Waals surface area contributed by atoms with Crippen LogP contribution in [-0.2, 0) is 0 Å². The highest BCUT2D eigenvalue weighted by atomic mass is 35.5. The monoisotopic (exact) mass is 473 g/mol. The number of nitrogens with zero attached hydrogens (tertiary/aromatic N) is 3. The Balaban J connectivity index is 0.00000181. The number of hydrogen-bond acceptors (Lipinski definition) is 5. The zero-order chi connectivity index (χ0) is 20.9. The van der Waals surface area contributed by atoms with E-state index in [9.17, 15) is 0 Å². The fourth-order valence-corrected chi connectivity index (χ4v) is 3.79. The second-order valence-corrected chi connectivity index (χ2v) is 7.29. The second kappa shape index (κ2) is 11.8. The van der Waals surface area contributed by atoms with Crippen LogP contribution in [0.2, 0.25) is 0 Å². The van der Waals surface area contributed by atoms with Gasteiger partial charge in [0.1, 0.15) is 23.0 Å². The zero-order valence-corrected chi connectivity index (χ0v) is 20.3. The highest BCUT2D eigenvalue weighted by Crippen LogP contribution is 2.27. The number of methoxy groups -OCH3 is 2. The Morgan fingerprint density at radius 2 is 1.66 bits per heavy atom. The summed E-state index contributed by atoms with van der Waals surface area (Å²) in [7, 11) is 3.28. The van der Waals surface area contributed by atoms with Crippen molar-refractivity contribution in [2.75, 3.05) is 51.8 Å². The van der Waals surface area contributed by atoms with Gasteiger partial charge in [-0.1, -0.05) is 37.1 Å². The molecule has 1 aromatic heterocycles. The molecule has 0 saturated carbocycles. The molecular formula is C25H29Cl2N3O2. The Morgan fingerprint density at radius 3 is 2.34 bits per heavy atom. The number of rotatable bonds is 4. The van der Waals surface area contributed by atoms with Crippen molar-refractivity contribution in [2.45, 2.75) is 6.92 Å². The second-order valence-electron chi connectivity index (χ2n) is 7.29. The molecule has 2 heterocycles. The molecule has 1 aliphatic heterocycles. The first-order valence-corrected chi connectivity index (χ1v) is 10.3. The third-order valence-electron chi connectivity index (χ3n) is 5.57. The molecule has 7 heteroatoms. The normalized spacial score (nSPS) is 13.4. The van der Waals surface area contributed by atoms with Gasteiger partial charge in [-0.25, -0.2) is 4.98 Å². The summed E-state index contributed by atoms with van der Waals surface area (Å²) in [6, 6.07) is 16.1. The van der Waals surface area contributed by atoms with Gasteiger partial charge in [-0.2, -0.15) is 0 Å². The molecule has 1 saturated heterocycles. The number of ether oxygens (including phenoxy) is 2. The molecule has 32 heavy (non-hydrogen) atoms. The predicted molar refractivity (Wildman–Crippen MR) is 136 cm³/mol. The molecule has 0 aliphatic carbocycles. The van der Waals surface area contributed by atoms with Gasteiger partial charge in [0.25, 0.3) is 0 Å². The van der Waals surface area contributed by atoms with Crippen LogP contribution in [0.5, 0.6) is 11.5 Å². The van der Waals surface area contributed by atoms with Crippen LogP contribution < -0.4 is 14.4 Å². The fourth-order valence-electron chi connectivity index (χ4n) is 3.79. The van der Waals surface area contributed by atoms with E-state index in [2.05, 4.69) is 58.9 Å². The molecule has 2 aromatic carbocycles. The summed E-state index contributed by atoms with van der Waals surface area (Å²) in [5, 5.41) is 2.33. The van der Waals surface area contributed by atoms with Crippen LogP contribution in [0, 0.1) is 11.8 Å². The first kappa shape index (κ1) is 25.6. The molecule has 0 N–H and O–H groups in total. The number of fused-ring (bicyclic) bond motifs is 1. The number of halogens is 2. The van der Waals surface area contributed by atoms with Crippen molar-refractivity contribution in [3.05, 3.63) is 59.8 Å². The lowest BCUT2D eigenvalue weighted by Gasteiger charge is -2.35. The molecule has 5 nitrogen and oxygen atoms in total. The van der Waals surface area contributed by atoms with Crippen molar-refractivity contribution in [2.24, 2.45) is 0 Å². The number of pyridine rings is 1. The van der Waals surface area contributed by atoms with Crippen molar-refractivity contribution in [1.82, 2.24) is 9.88 Å².